The minimum absolute atomic E-state index is 0. The molecule has 2 unspecified atom stereocenters. The van der Waals surface area contributed by atoms with Gasteiger partial charge in [-0.1, -0.05) is 12.5 Å². The van der Waals surface area contributed by atoms with Gasteiger partial charge in [-0.15, -0.1) is 0 Å². The molecule has 33 heavy (non-hydrogen) atoms. The number of phenolic OH excluding ortho intramolecular Hbond substituents is 1. The second kappa shape index (κ2) is 10.00. The van der Waals surface area contributed by atoms with Gasteiger partial charge < -0.3 is 36.6 Å². The molecule has 6 nitrogen and oxygen atoms in total. The molecule has 2 aromatic rings. The van der Waals surface area contributed by atoms with Crippen LogP contribution < -0.4 is 31.5 Å². The van der Waals surface area contributed by atoms with Crippen molar-refractivity contribution in [3.8, 4) is 34.1 Å². The molecule has 1 fully saturated rings. The Bertz CT molecular complexity index is 1010. The Morgan fingerprint density at radius 3 is 2.42 bits per heavy atom. The highest BCUT2D eigenvalue weighted by Crippen LogP contribution is 2.54. The summed E-state index contributed by atoms with van der Waals surface area (Å²) in [4.78, 5) is 4.29. The predicted octanol–water partition coefficient (Wildman–Crippen LogP) is -0.387. The summed E-state index contributed by atoms with van der Waals surface area (Å²) >= 11 is 0. The van der Waals surface area contributed by atoms with Gasteiger partial charge in [-0.05, 0) is 49.2 Å². The lowest BCUT2D eigenvalue weighted by molar-refractivity contribution is -0.933. The monoisotopic (exact) mass is 474 g/mol. The number of piperidine rings is 1. The molecule has 0 bridgehead atoms. The van der Waals surface area contributed by atoms with Gasteiger partial charge in [-0.3, -0.25) is 4.90 Å². The lowest BCUT2D eigenvalue weighted by Gasteiger charge is -2.41. The smallest absolute Gasteiger partial charge is 0.169 e. The Hall–Kier alpha value is -2.15. The number of phenols is 1. The number of ether oxygens (including phenoxy) is 3. The summed E-state index contributed by atoms with van der Waals surface area (Å²) in [5.74, 6) is 2.16. The van der Waals surface area contributed by atoms with E-state index < -0.39 is 0 Å². The van der Waals surface area contributed by atoms with Gasteiger partial charge in [0.1, 0.15) is 6.04 Å². The molecule has 2 atom stereocenters. The van der Waals surface area contributed by atoms with E-state index in [0.29, 0.717) is 11.8 Å². The van der Waals surface area contributed by atoms with E-state index in [4.69, 9.17) is 14.2 Å². The van der Waals surface area contributed by atoms with Crippen LogP contribution in [0.25, 0.3) is 11.1 Å². The molecule has 1 saturated heterocycles. The Labute approximate surface area is 202 Å². The molecule has 2 aliphatic heterocycles. The first-order valence-electron chi connectivity index (χ1n) is 11.9. The first kappa shape index (κ1) is 24.0. The van der Waals surface area contributed by atoms with E-state index in [0.717, 1.165) is 55.1 Å². The number of likely N-dealkylation sites (tertiary alicyclic amines) is 1. The Morgan fingerprint density at radius 1 is 0.970 bits per heavy atom. The van der Waals surface area contributed by atoms with Crippen molar-refractivity contribution in [2.75, 3.05) is 54.1 Å². The fraction of sp³-hybridized carbons (Fsp3) is 0.538. The molecule has 0 radical (unpaired) electrons. The number of hydrogen-bond donors (Lipinski definition) is 2. The largest absolute Gasteiger partial charge is 1.00 e. The minimum atomic E-state index is 0. The van der Waals surface area contributed by atoms with E-state index in [1.165, 1.54) is 49.0 Å². The third-order valence-electron chi connectivity index (χ3n) is 7.65. The molecule has 0 spiro atoms. The Balaban J connectivity index is 0.00000259. The quantitative estimate of drug-likeness (QED) is 0.597. The van der Waals surface area contributed by atoms with Crippen molar-refractivity contribution in [2.24, 2.45) is 0 Å². The van der Waals surface area contributed by atoms with Crippen molar-refractivity contribution < 1.29 is 36.6 Å². The maximum Gasteiger partial charge on any atom is 0.169 e. The van der Waals surface area contributed by atoms with E-state index in [-0.39, 0.29) is 18.2 Å². The lowest BCUT2D eigenvalue weighted by atomic mass is 9.76. The summed E-state index contributed by atoms with van der Waals surface area (Å²) in [6, 6.07) is 6.34. The number of quaternary nitrogens is 1. The fourth-order valence-corrected chi connectivity index (χ4v) is 6.10. The standard InChI is InChI=1S/C26H34N2O4.ClH/c1-30-21-16-18-9-12-28(14-13-27-10-5-4-6-11-27)19-15-17-7-8-20(29)25(31-2)23(17)24(22(18)19)26(21)32-3;/h7-8,16,19,29H,4-6,9-15H2,1-3H3;1H. The van der Waals surface area contributed by atoms with Crippen molar-refractivity contribution in [2.45, 2.75) is 38.1 Å². The van der Waals surface area contributed by atoms with E-state index in [9.17, 15) is 5.11 Å². The molecule has 0 saturated carbocycles. The SMILES string of the molecule is COc1cc2c3c(c1OC)-c1c(ccc(O)c1OC)CC3[NH+](CCN1CCCCC1)CC2.[Cl-]. The van der Waals surface area contributed by atoms with Crippen molar-refractivity contribution in [1.82, 2.24) is 4.90 Å². The number of hydrogen-bond acceptors (Lipinski definition) is 5. The second-order valence-electron chi connectivity index (χ2n) is 9.28. The third kappa shape index (κ3) is 4.13. The topological polar surface area (TPSA) is 55.6 Å². The maximum absolute atomic E-state index is 10.6. The predicted molar refractivity (Wildman–Crippen MR) is 124 cm³/mol. The summed E-state index contributed by atoms with van der Waals surface area (Å²) in [6.45, 7) is 5.93. The van der Waals surface area contributed by atoms with Gasteiger partial charge in [-0.2, -0.15) is 0 Å². The summed E-state index contributed by atoms with van der Waals surface area (Å²) in [5.41, 5.74) is 5.87. The van der Waals surface area contributed by atoms with Crippen LogP contribution in [-0.2, 0) is 12.8 Å². The van der Waals surface area contributed by atoms with Gasteiger partial charge in [0.25, 0.3) is 0 Å². The summed E-state index contributed by atoms with van der Waals surface area (Å²) in [6.07, 6.45) is 6.00. The zero-order valence-corrected chi connectivity index (χ0v) is 20.6. The maximum atomic E-state index is 10.6. The minimum Gasteiger partial charge on any atom is -1.00 e. The van der Waals surface area contributed by atoms with Crippen LogP contribution in [0.4, 0.5) is 0 Å². The third-order valence-corrected chi connectivity index (χ3v) is 7.65. The molecule has 3 aliphatic rings. The molecule has 180 valence electrons. The van der Waals surface area contributed by atoms with Crippen LogP contribution in [-0.4, -0.2) is 64.1 Å². The number of nitrogens with one attached hydrogen (secondary N) is 1. The molecule has 2 aromatic carbocycles. The van der Waals surface area contributed by atoms with Crippen LogP contribution >= 0.6 is 0 Å². The van der Waals surface area contributed by atoms with Crippen molar-refractivity contribution in [1.29, 1.82) is 0 Å². The molecule has 2 heterocycles. The van der Waals surface area contributed by atoms with Crippen LogP contribution in [0.2, 0.25) is 0 Å². The highest BCUT2D eigenvalue weighted by molar-refractivity contribution is 5.88. The van der Waals surface area contributed by atoms with Crippen LogP contribution in [0, 0.1) is 0 Å². The number of halogens is 1. The molecule has 7 heteroatoms. The number of rotatable bonds is 6. The number of methoxy groups -OCH3 is 3. The molecular formula is C26H35ClN2O4. The average Bonchev–Trinajstić information content (AvgIpc) is 2.83. The highest BCUT2D eigenvalue weighted by atomic mass is 35.5. The van der Waals surface area contributed by atoms with Crippen molar-refractivity contribution in [3.63, 3.8) is 0 Å². The van der Waals surface area contributed by atoms with Gasteiger partial charge in [0, 0.05) is 36.1 Å². The first-order chi connectivity index (χ1) is 15.7. The highest BCUT2D eigenvalue weighted by Gasteiger charge is 2.41. The molecule has 1 aliphatic carbocycles. The zero-order valence-electron chi connectivity index (χ0n) is 19.9. The normalized spacial score (nSPS) is 21.4. The van der Waals surface area contributed by atoms with Crippen molar-refractivity contribution >= 4 is 0 Å². The van der Waals surface area contributed by atoms with Gasteiger partial charge in [0.05, 0.1) is 34.4 Å². The number of nitrogens with zero attached hydrogens (tertiary/aromatic N) is 1. The van der Waals surface area contributed by atoms with E-state index >= 15 is 0 Å². The van der Waals surface area contributed by atoms with Gasteiger partial charge >= 0.3 is 0 Å². The lowest BCUT2D eigenvalue weighted by Crippen LogP contribution is -3.14. The van der Waals surface area contributed by atoms with Crippen molar-refractivity contribution in [3.05, 3.63) is 34.9 Å². The number of benzene rings is 2. The molecular weight excluding hydrogens is 440 g/mol. The van der Waals surface area contributed by atoms with Crippen LogP contribution in [0.15, 0.2) is 18.2 Å². The van der Waals surface area contributed by atoms with Gasteiger partial charge in [-0.25, -0.2) is 0 Å². The summed E-state index contributed by atoms with van der Waals surface area (Å²) in [7, 11) is 5.01. The molecule has 5 rings (SSSR count). The first-order valence-corrected chi connectivity index (χ1v) is 11.9. The van der Waals surface area contributed by atoms with Crippen LogP contribution in [0.1, 0.15) is 42.0 Å². The van der Waals surface area contributed by atoms with Crippen LogP contribution in [0.3, 0.4) is 0 Å². The summed E-state index contributed by atoms with van der Waals surface area (Å²) < 4.78 is 17.3. The second-order valence-corrected chi connectivity index (χ2v) is 9.28. The number of fused-ring (bicyclic) bond motifs is 2. The Morgan fingerprint density at radius 2 is 1.73 bits per heavy atom. The van der Waals surface area contributed by atoms with Crippen LogP contribution in [0.5, 0.6) is 23.0 Å². The molecule has 0 amide bonds. The average molecular weight is 475 g/mol. The van der Waals surface area contributed by atoms with E-state index in [2.05, 4.69) is 11.0 Å². The Kier molecular flexibility index (Phi) is 7.27. The van der Waals surface area contributed by atoms with Gasteiger partial charge in [0.2, 0.25) is 0 Å². The molecule has 0 aromatic heterocycles. The van der Waals surface area contributed by atoms with Gasteiger partial charge in [0.15, 0.2) is 23.0 Å². The van der Waals surface area contributed by atoms with E-state index in [1.807, 2.05) is 6.07 Å². The summed E-state index contributed by atoms with van der Waals surface area (Å²) in [5, 5.41) is 10.6. The zero-order chi connectivity index (χ0) is 22.2. The fourth-order valence-electron chi connectivity index (χ4n) is 6.10. The number of aromatic hydroxyl groups is 1. The van der Waals surface area contributed by atoms with E-state index in [1.54, 1.807) is 32.3 Å². The molecule has 2 N–H and O–H groups in total.